The van der Waals surface area contributed by atoms with Crippen LogP contribution >= 0.6 is 12.4 Å². The highest BCUT2D eigenvalue weighted by Gasteiger charge is 2.08. The van der Waals surface area contributed by atoms with Crippen LogP contribution in [0.1, 0.15) is 23.6 Å². The van der Waals surface area contributed by atoms with E-state index < -0.39 is 0 Å². The maximum Gasteiger partial charge on any atom is 0.123 e. The smallest absolute Gasteiger partial charge is 0.123 e. The molecule has 1 aromatic rings. The van der Waals surface area contributed by atoms with Crippen molar-refractivity contribution in [3.05, 3.63) is 35.1 Å². The van der Waals surface area contributed by atoms with Crippen molar-refractivity contribution < 1.29 is 4.39 Å². The summed E-state index contributed by atoms with van der Waals surface area (Å²) in [7, 11) is 0. The molecule has 76 valence electrons. The molecule has 0 unspecified atom stereocenters. The van der Waals surface area contributed by atoms with E-state index in [2.05, 4.69) is 0 Å². The zero-order chi connectivity index (χ0) is 9.84. The van der Waals surface area contributed by atoms with Gasteiger partial charge in [0.15, 0.2) is 0 Å². The fourth-order valence-electron chi connectivity index (χ4n) is 1.22. The SMILES string of the molecule is Cc1ccc(F)cc1[C@@H](N)CC#N.Cl. The zero-order valence-corrected chi connectivity index (χ0v) is 8.64. The molecule has 4 heteroatoms. The molecule has 1 aromatic carbocycles. The molecule has 0 aliphatic heterocycles. The minimum Gasteiger partial charge on any atom is -0.323 e. The third-order valence-corrected chi connectivity index (χ3v) is 1.95. The van der Waals surface area contributed by atoms with Crippen LogP contribution in [0, 0.1) is 24.1 Å². The van der Waals surface area contributed by atoms with E-state index in [0.717, 1.165) is 5.56 Å². The Bertz CT molecular complexity index is 346. The highest BCUT2D eigenvalue weighted by Crippen LogP contribution is 2.18. The molecule has 0 saturated heterocycles. The fourth-order valence-corrected chi connectivity index (χ4v) is 1.22. The number of nitrogens with two attached hydrogens (primary N) is 1. The van der Waals surface area contributed by atoms with Crippen LogP contribution in [-0.4, -0.2) is 0 Å². The highest BCUT2D eigenvalue weighted by molar-refractivity contribution is 5.85. The number of hydrogen-bond acceptors (Lipinski definition) is 2. The van der Waals surface area contributed by atoms with Crippen molar-refractivity contribution in [3.63, 3.8) is 0 Å². The van der Waals surface area contributed by atoms with E-state index in [-0.39, 0.29) is 30.7 Å². The number of nitriles is 1. The molecule has 0 radical (unpaired) electrons. The summed E-state index contributed by atoms with van der Waals surface area (Å²) in [6.07, 6.45) is 0.213. The maximum atomic E-state index is 12.8. The molecule has 0 bridgehead atoms. The summed E-state index contributed by atoms with van der Waals surface area (Å²) >= 11 is 0. The second-order valence-corrected chi connectivity index (χ2v) is 2.97. The van der Waals surface area contributed by atoms with E-state index >= 15 is 0 Å². The lowest BCUT2D eigenvalue weighted by Crippen LogP contribution is -2.11. The second-order valence-electron chi connectivity index (χ2n) is 2.97. The summed E-state index contributed by atoms with van der Waals surface area (Å²) in [6, 6.07) is 6.02. The summed E-state index contributed by atoms with van der Waals surface area (Å²) in [5.41, 5.74) is 7.32. The molecule has 1 rings (SSSR count). The Morgan fingerprint density at radius 3 is 2.79 bits per heavy atom. The third kappa shape index (κ3) is 2.99. The predicted molar refractivity (Wildman–Crippen MR) is 55.5 cm³/mol. The van der Waals surface area contributed by atoms with Gasteiger partial charge in [-0.25, -0.2) is 4.39 Å². The minimum absolute atomic E-state index is 0. The van der Waals surface area contributed by atoms with Gasteiger partial charge in [0.05, 0.1) is 12.5 Å². The van der Waals surface area contributed by atoms with E-state index in [1.54, 1.807) is 6.07 Å². The molecule has 0 aliphatic rings. The van der Waals surface area contributed by atoms with Gasteiger partial charge in [-0.1, -0.05) is 6.07 Å². The van der Waals surface area contributed by atoms with Gasteiger partial charge in [0.2, 0.25) is 0 Å². The number of benzene rings is 1. The van der Waals surface area contributed by atoms with Crippen molar-refractivity contribution in [1.29, 1.82) is 5.26 Å². The van der Waals surface area contributed by atoms with Gasteiger partial charge in [-0.3, -0.25) is 0 Å². The normalized spacial score (nSPS) is 11.3. The third-order valence-electron chi connectivity index (χ3n) is 1.95. The summed E-state index contributed by atoms with van der Waals surface area (Å²) in [5.74, 6) is -0.311. The number of hydrogen-bond donors (Lipinski definition) is 1. The van der Waals surface area contributed by atoms with Crippen molar-refractivity contribution in [3.8, 4) is 6.07 Å². The van der Waals surface area contributed by atoms with Gasteiger partial charge < -0.3 is 5.73 Å². The Morgan fingerprint density at radius 2 is 2.21 bits per heavy atom. The largest absolute Gasteiger partial charge is 0.323 e. The monoisotopic (exact) mass is 214 g/mol. The van der Waals surface area contributed by atoms with E-state index in [0.29, 0.717) is 5.56 Å². The summed E-state index contributed by atoms with van der Waals surface area (Å²) in [5, 5.41) is 8.43. The number of rotatable bonds is 2. The molecule has 0 amide bonds. The zero-order valence-electron chi connectivity index (χ0n) is 7.83. The number of halogens is 2. The van der Waals surface area contributed by atoms with Crippen molar-refractivity contribution >= 4 is 12.4 Å². The predicted octanol–water partition coefficient (Wildman–Crippen LogP) is 2.47. The minimum atomic E-state index is -0.388. The van der Waals surface area contributed by atoms with E-state index in [4.69, 9.17) is 11.0 Å². The van der Waals surface area contributed by atoms with Crippen molar-refractivity contribution in [2.75, 3.05) is 0 Å². The Hall–Kier alpha value is -1.11. The molecular formula is C10H12ClFN2. The Morgan fingerprint density at radius 1 is 1.57 bits per heavy atom. The Balaban J connectivity index is 0.00000169. The molecule has 1 atom stereocenters. The van der Waals surface area contributed by atoms with Gasteiger partial charge in [0, 0.05) is 6.04 Å². The first-order valence-corrected chi connectivity index (χ1v) is 4.03. The maximum absolute atomic E-state index is 12.8. The lowest BCUT2D eigenvalue weighted by Gasteiger charge is -2.10. The topological polar surface area (TPSA) is 49.8 Å². The number of nitrogens with zero attached hydrogens (tertiary/aromatic N) is 1. The first-order chi connectivity index (χ1) is 6.15. The molecule has 0 fully saturated rings. The molecule has 0 saturated carbocycles. The quantitative estimate of drug-likeness (QED) is 0.822. The molecule has 0 aromatic heterocycles. The molecule has 2 nitrogen and oxygen atoms in total. The van der Waals surface area contributed by atoms with Gasteiger partial charge in [-0.05, 0) is 30.2 Å². The fraction of sp³-hybridized carbons (Fsp3) is 0.300. The van der Waals surface area contributed by atoms with Gasteiger partial charge in [-0.2, -0.15) is 5.26 Å². The van der Waals surface area contributed by atoms with E-state index in [1.807, 2.05) is 13.0 Å². The Labute approximate surface area is 88.9 Å². The van der Waals surface area contributed by atoms with Crippen molar-refractivity contribution in [2.45, 2.75) is 19.4 Å². The second kappa shape index (κ2) is 5.58. The van der Waals surface area contributed by atoms with Crippen LogP contribution in [0.15, 0.2) is 18.2 Å². The lowest BCUT2D eigenvalue weighted by atomic mass is 10.00. The Kier molecular flexibility index (Phi) is 5.14. The van der Waals surface area contributed by atoms with E-state index in [1.165, 1.54) is 12.1 Å². The average molecular weight is 215 g/mol. The van der Waals surface area contributed by atoms with Crippen LogP contribution < -0.4 is 5.73 Å². The number of aryl methyl sites for hydroxylation is 1. The van der Waals surface area contributed by atoms with Crippen LogP contribution in [0.4, 0.5) is 4.39 Å². The van der Waals surface area contributed by atoms with Crippen LogP contribution in [0.3, 0.4) is 0 Å². The van der Waals surface area contributed by atoms with Crippen molar-refractivity contribution in [1.82, 2.24) is 0 Å². The molecule has 0 aliphatic carbocycles. The first-order valence-electron chi connectivity index (χ1n) is 4.03. The summed E-state index contributed by atoms with van der Waals surface area (Å²) in [4.78, 5) is 0. The molecule has 2 N–H and O–H groups in total. The molecule has 0 spiro atoms. The van der Waals surface area contributed by atoms with Crippen molar-refractivity contribution in [2.24, 2.45) is 5.73 Å². The molecular weight excluding hydrogens is 203 g/mol. The first kappa shape index (κ1) is 12.9. The van der Waals surface area contributed by atoms with Gasteiger partial charge in [-0.15, -0.1) is 12.4 Å². The van der Waals surface area contributed by atoms with Gasteiger partial charge in [0.1, 0.15) is 5.82 Å². The van der Waals surface area contributed by atoms with Crippen LogP contribution in [-0.2, 0) is 0 Å². The van der Waals surface area contributed by atoms with Crippen LogP contribution in [0.25, 0.3) is 0 Å². The van der Waals surface area contributed by atoms with Gasteiger partial charge >= 0.3 is 0 Å². The van der Waals surface area contributed by atoms with Gasteiger partial charge in [0.25, 0.3) is 0 Å². The van der Waals surface area contributed by atoms with Crippen LogP contribution in [0.5, 0.6) is 0 Å². The molecule has 14 heavy (non-hydrogen) atoms. The molecule has 0 heterocycles. The standard InChI is InChI=1S/C10H11FN2.ClH/c1-7-2-3-8(11)6-9(7)10(13)4-5-12;/h2-3,6,10H,4,13H2,1H3;1H/t10-;/m0./s1. The summed E-state index contributed by atoms with van der Waals surface area (Å²) in [6.45, 7) is 1.85. The lowest BCUT2D eigenvalue weighted by molar-refractivity contribution is 0.619. The van der Waals surface area contributed by atoms with Crippen LogP contribution in [0.2, 0.25) is 0 Å². The summed E-state index contributed by atoms with van der Waals surface area (Å²) < 4.78 is 12.8. The highest BCUT2D eigenvalue weighted by atomic mass is 35.5. The average Bonchev–Trinajstić information content (AvgIpc) is 2.09. The van der Waals surface area contributed by atoms with E-state index in [9.17, 15) is 4.39 Å².